The summed E-state index contributed by atoms with van der Waals surface area (Å²) in [5.74, 6) is 6.75. The maximum Gasteiger partial charge on any atom is 0.122 e. The first-order valence-corrected chi connectivity index (χ1v) is 7.80. The third-order valence-electron chi connectivity index (χ3n) is 4.32. The molecule has 0 heterocycles. The van der Waals surface area contributed by atoms with Crippen LogP contribution in [-0.2, 0) is 11.2 Å². The average Bonchev–Trinajstić information content (AvgIpc) is 2.51. The minimum atomic E-state index is -0.252. The van der Waals surface area contributed by atoms with E-state index in [0.717, 1.165) is 30.6 Å². The molecule has 120 valence electrons. The summed E-state index contributed by atoms with van der Waals surface area (Å²) in [6.45, 7) is 9.10. The van der Waals surface area contributed by atoms with Crippen LogP contribution in [0.4, 0.5) is 0 Å². The zero-order chi connectivity index (χ0) is 15.9. The molecular weight excluding hydrogens is 264 g/mol. The summed E-state index contributed by atoms with van der Waals surface area (Å²) < 4.78 is 11.5. The smallest absolute Gasteiger partial charge is 0.122 e. The van der Waals surface area contributed by atoms with Gasteiger partial charge in [-0.1, -0.05) is 31.5 Å². The minimum absolute atomic E-state index is 0.0446. The van der Waals surface area contributed by atoms with Crippen molar-refractivity contribution in [1.82, 2.24) is 5.43 Å². The highest BCUT2D eigenvalue weighted by atomic mass is 16.5. The lowest BCUT2D eigenvalue weighted by molar-refractivity contribution is -0.0720. The lowest BCUT2D eigenvalue weighted by Gasteiger charge is -2.39. The molecule has 0 aliphatic rings. The quantitative estimate of drug-likeness (QED) is 0.543. The van der Waals surface area contributed by atoms with Crippen molar-refractivity contribution in [2.24, 2.45) is 5.84 Å². The van der Waals surface area contributed by atoms with Gasteiger partial charge >= 0.3 is 0 Å². The van der Waals surface area contributed by atoms with E-state index >= 15 is 0 Å². The third-order valence-corrected chi connectivity index (χ3v) is 4.32. The molecule has 4 nitrogen and oxygen atoms in total. The number of nitrogens with one attached hydrogen (secondary N) is 1. The monoisotopic (exact) mass is 294 g/mol. The van der Waals surface area contributed by atoms with Crippen LogP contribution < -0.4 is 16.0 Å². The van der Waals surface area contributed by atoms with Crippen molar-refractivity contribution in [3.8, 4) is 5.75 Å². The largest absolute Gasteiger partial charge is 0.496 e. The summed E-state index contributed by atoms with van der Waals surface area (Å²) in [6, 6.07) is 6.27. The molecule has 0 bridgehead atoms. The number of hydrogen-bond acceptors (Lipinski definition) is 4. The van der Waals surface area contributed by atoms with Crippen LogP contribution in [0.5, 0.6) is 5.75 Å². The van der Waals surface area contributed by atoms with Gasteiger partial charge in [0.05, 0.1) is 18.8 Å². The zero-order valence-corrected chi connectivity index (χ0v) is 14.0. The summed E-state index contributed by atoms with van der Waals surface area (Å²) in [5, 5.41) is 0. The Morgan fingerprint density at radius 1 is 1.24 bits per heavy atom. The van der Waals surface area contributed by atoms with Crippen molar-refractivity contribution >= 4 is 0 Å². The second kappa shape index (κ2) is 8.37. The Morgan fingerprint density at radius 2 is 1.90 bits per heavy atom. The predicted molar refractivity (Wildman–Crippen MR) is 87.5 cm³/mol. The van der Waals surface area contributed by atoms with Crippen molar-refractivity contribution in [3.63, 3.8) is 0 Å². The van der Waals surface area contributed by atoms with E-state index in [9.17, 15) is 0 Å². The molecule has 0 amide bonds. The molecule has 21 heavy (non-hydrogen) atoms. The lowest BCUT2D eigenvalue weighted by atomic mass is 9.84. The molecule has 1 rings (SSSR count). The van der Waals surface area contributed by atoms with Crippen LogP contribution in [0.3, 0.4) is 0 Å². The molecule has 3 N–H and O–H groups in total. The van der Waals surface area contributed by atoms with E-state index in [0.29, 0.717) is 6.61 Å². The van der Waals surface area contributed by atoms with Gasteiger partial charge in [0.15, 0.2) is 0 Å². The van der Waals surface area contributed by atoms with E-state index in [1.54, 1.807) is 7.11 Å². The molecule has 1 unspecified atom stereocenters. The standard InChI is InChI=1S/C17H30N2O2/c1-6-17(7-2,21-8-3)16(19-18)12-14-11-13(4)9-10-15(14)20-5/h9-11,16,19H,6-8,12,18H2,1-5H3. The first-order valence-electron chi connectivity index (χ1n) is 7.80. The summed E-state index contributed by atoms with van der Waals surface area (Å²) in [6.07, 6.45) is 2.61. The average molecular weight is 294 g/mol. The second-order valence-electron chi connectivity index (χ2n) is 5.44. The van der Waals surface area contributed by atoms with Gasteiger partial charge in [-0.25, -0.2) is 0 Å². The molecule has 0 saturated carbocycles. The number of hydrogen-bond donors (Lipinski definition) is 2. The lowest BCUT2D eigenvalue weighted by Crippen LogP contribution is -2.55. The topological polar surface area (TPSA) is 56.5 Å². The molecule has 1 aromatic carbocycles. The molecular formula is C17H30N2O2. The Hall–Kier alpha value is -1.10. The maximum absolute atomic E-state index is 6.07. The van der Waals surface area contributed by atoms with E-state index in [4.69, 9.17) is 15.3 Å². The van der Waals surface area contributed by atoms with Crippen LogP contribution >= 0.6 is 0 Å². The van der Waals surface area contributed by atoms with Gasteiger partial charge in [0.2, 0.25) is 0 Å². The fraction of sp³-hybridized carbons (Fsp3) is 0.647. The maximum atomic E-state index is 6.07. The summed E-state index contributed by atoms with van der Waals surface area (Å²) in [7, 11) is 1.70. The number of benzene rings is 1. The van der Waals surface area contributed by atoms with Gasteiger partial charge in [0.1, 0.15) is 5.75 Å². The zero-order valence-electron chi connectivity index (χ0n) is 14.0. The van der Waals surface area contributed by atoms with Gasteiger partial charge < -0.3 is 9.47 Å². The number of nitrogens with two attached hydrogens (primary N) is 1. The molecule has 0 aromatic heterocycles. The summed E-state index contributed by atoms with van der Waals surface area (Å²) in [4.78, 5) is 0. The van der Waals surface area contributed by atoms with Crippen LogP contribution in [0.1, 0.15) is 44.7 Å². The van der Waals surface area contributed by atoms with Gasteiger partial charge in [-0.15, -0.1) is 0 Å². The normalized spacial score (nSPS) is 13.2. The molecule has 1 aromatic rings. The van der Waals surface area contributed by atoms with Crippen molar-refractivity contribution < 1.29 is 9.47 Å². The van der Waals surface area contributed by atoms with Crippen LogP contribution in [0, 0.1) is 6.92 Å². The number of methoxy groups -OCH3 is 1. The Bertz CT molecular complexity index is 431. The van der Waals surface area contributed by atoms with Crippen LogP contribution in [0.15, 0.2) is 18.2 Å². The summed E-state index contributed by atoms with van der Waals surface area (Å²) in [5.41, 5.74) is 5.09. The molecule has 0 aliphatic carbocycles. The Balaban J connectivity index is 3.08. The molecule has 1 atom stereocenters. The molecule has 0 radical (unpaired) electrons. The Kier molecular flexibility index (Phi) is 7.15. The number of rotatable bonds is 9. The van der Waals surface area contributed by atoms with E-state index in [2.05, 4.69) is 38.3 Å². The first-order chi connectivity index (χ1) is 10.1. The van der Waals surface area contributed by atoms with E-state index in [1.165, 1.54) is 5.56 Å². The van der Waals surface area contributed by atoms with Crippen LogP contribution in [0.25, 0.3) is 0 Å². The summed E-state index contributed by atoms with van der Waals surface area (Å²) >= 11 is 0. The van der Waals surface area contributed by atoms with Gasteiger partial charge in [-0.2, -0.15) is 0 Å². The Morgan fingerprint density at radius 3 is 2.38 bits per heavy atom. The van der Waals surface area contributed by atoms with Crippen molar-refractivity contribution in [3.05, 3.63) is 29.3 Å². The van der Waals surface area contributed by atoms with Crippen molar-refractivity contribution in [1.29, 1.82) is 0 Å². The molecule has 0 aliphatic heterocycles. The highest BCUT2D eigenvalue weighted by Crippen LogP contribution is 2.30. The van der Waals surface area contributed by atoms with Crippen molar-refractivity contribution in [2.45, 2.75) is 58.6 Å². The third kappa shape index (κ3) is 4.19. The number of hydrazine groups is 1. The van der Waals surface area contributed by atoms with Gasteiger partial charge in [-0.05, 0) is 44.7 Å². The first kappa shape index (κ1) is 18.0. The molecule has 0 spiro atoms. The minimum Gasteiger partial charge on any atom is -0.496 e. The van der Waals surface area contributed by atoms with Crippen molar-refractivity contribution in [2.75, 3.05) is 13.7 Å². The SMILES string of the molecule is CCOC(CC)(CC)C(Cc1cc(C)ccc1OC)NN. The highest BCUT2D eigenvalue weighted by Gasteiger charge is 2.36. The molecule has 0 fully saturated rings. The fourth-order valence-corrected chi connectivity index (χ4v) is 3.02. The van der Waals surface area contributed by atoms with Crippen LogP contribution in [0.2, 0.25) is 0 Å². The predicted octanol–water partition coefficient (Wildman–Crippen LogP) is 2.97. The molecule has 0 saturated heterocycles. The van der Waals surface area contributed by atoms with E-state index in [1.807, 2.05) is 13.0 Å². The highest BCUT2D eigenvalue weighted by molar-refractivity contribution is 5.37. The van der Waals surface area contributed by atoms with Gasteiger partial charge in [0.25, 0.3) is 0 Å². The van der Waals surface area contributed by atoms with E-state index in [-0.39, 0.29) is 11.6 Å². The Labute approximate surface area is 129 Å². The van der Waals surface area contributed by atoms with Gasteiger partial charge in [0, 0.05) is 6.61 Å². The number of aryl methyl sites for hydroxylation is 1. The number of ether oxygens (including phenoxy) is 2. The van der Waals surface area contributed by atoms with E-state index < -0.39 is 0 Å². The van der Waals surface area contributed by atoms with Gasteiger partial charge in [-0.3, -0.25) is 11.3 Å². The fourth-order valence-electron chi connectivity index (χ4n) is 3.02. The second-order valence-corrected chi connectivity index (χ2v) is 5.44. The molecule has 4 heteroatoms. The van der Waals surface area contributed by atoms with Crippen LogP contribution in [-0.4, -0.2) is 25.4 Å².